The lowest BCUT2D eigenvalue weighted by molar-refractivity contribution is -0.132. The number of hydrogen-bond acceptors (Lipinski definition) is 4. The first-order valence-electron chi connectivity index (χ1n) is 8.00. The van der Waals surface area contributed by atoms with E-state index < -0.39 is 6.03 Å². The summed E-state index contributed by atoms with van der Waals surface area (Å²) < 4.78 is 1.86. The van der Waals surface area contributed by atoms with E-state index in [1.165, 1.54) is 11.3 Å². The van der Waals surface area contributed by atoms with Crippen molar-refractivity contribution in [3.05, 3.63) is 40.8 Å². The second-order valence-corrected chi connectivity index (χ2v) is 6.87. The van der Waals surface area contributed by atoms with Gasteiger partial charge in [0.25, 0.3) is 0 Å². The summed E-state index contributed by atoms with van der Waals surface area (Å²) in [6.07, 6.45) is 5.83. The van der Waals surface area contributed by atoms with Gasteiger partial charge >= 0.3 is 6.03 Å². The number of carbonyl (C=O) groups excluding carboxylic acids is 2. The van der Waals surface area contributed by atoms with Crippen LogP contribution in [0.15, 0.2) is 36.0 Å². The average Bonchev–Trinajstić information content (AvgIpc) is 3.29. The molecule has 3 N–H and O–H groups in total. The number of urea groups is 1. The smallest absolute Gasteiger partial charge is 0.312 e. The Morgan fingerprint density at radius 3 is 3.00 bits per heavy atom. The van der Waals surface area contributed by atoms with E-state index in [0.717, 1.165) is 24.3 Å². The highest BCUT2D eigenvalue weighted by atomic mass is 32.1. The fourth-order valence-corrected chi connectivity index (χ4v) is 3.93. The Bertz CT molecular complexity index is 671. The van der Waals surface area contributed by atoms with Crippen LogP contribution in [0.1, 0.15) is 30.2 Å². The van der Waals surface area contributed by atoms with Crippen LogP contribution >= 0.6 is 11.3 Å². The lowest BCUT2D eigenvalue weighted by atomic mass is 10.1. The molecule has 2 aromatic rings. The van der Waals surface area contributed by atoms with E-state index in [-0.39, 0.29) is 24.4 Å². The number of aromatic nitrogens is 2. The molecule has 0 spiro atoms. The van der Waals surface area contributed by atoms with E-state index >= 15 is 0 Å². The molecule has 3 amide bonds. The third-order valence-corrected chi connectivity index (χ3v) is 5.22. The molecular weight excluding hydrogens is 326 g/mol. The molecule has 0 radical (unpaired) electrons. The Hall–Kier alpha value is -2.35. The van der Waals surface area contributed by atoms with Crippen LogP contribution in [0.5, 0.6) is 0 Å². The van der Waals surface area contributed by atoms with Gasteiger partial charge < -0.3 is 16.0 Å². The standard InChI is InChI=1S/C16H21N5O2S/c17-16(23)19-13(14-5-2-9-24-14)10-15(22)21-8-1-4-12(21)11-20-7-3-6-18-20/h2-3,5-7,9,12-13H,1,4,8,10-11H2,(H3,17,19,23). The monoisotopic (exact) mass is 347 g/mol. The van der Waals surface area contributed by atoms with Gasteiger partial charge in [-0.05, 0) is 30.4 Å². The summed E-state index contributed by atoms with van der Waals surface area (Å²) in [7, 11) is 0. The van der Waals surface area contributed by atoms with Crippen molar-refractivity contribution in [2.24, 2.45) is 5.73 Å². The van der Waals surface area contributed by atoms with E-state index in [1.54, 1.807) is 6.20 Å². The minimum Gasteiger partial charge on any atom is -0.352 e. The van der Waals surface area contributed by atoms with Crippen LogP contribution in [-0.4, -0.2) is 39.2 Å². The summed E-state index contributed by atoms with van der Waals surface area (Å²) >= 11 is 1.51. The molecule has 8 heteroatoms. The van der Waals surface area contributed by atoms with Gasteiger partial charge in [-0.1, -0.05) is 6.07 Å². The van der Waals surface area contributed by atoms with Gasteiger partial charge in [-0.3, -0.25) is 9.48 Å². The summed E-state index contributed by atoms with van der Waals surface area (Å²) in [5.74, 6) is 0.0387. The van der Waals surface area contributed by atoms with Gasteiger partial charge in [0.1, 0.15) is 0 Å². The summed E-state index contributed by atoms with van der Waals surface area (Å²) in [5, 5.41) is 8.83. The minimum absolute atomic E-state index is 0.0387. The van der Waals surface area contributed by atoms with Crippen molar-refractivity contribution in [3.8, 4) is 0 Å². The minimum atomic E-state index is -0.615. The molecule has 3 heterocycles. The molecule has 0 aliphatic carbocycles. The molecule has 24 heavy (non-hydrogen) atoms. The molecular formula is C16H21N5O2S. The van der Waals surface area contributed by atoms with E-state index in [4.69, 9.17) is 5.73 Å². The van der Waals surface area contributed by atoms with E-state index in [0.29, 0.717) is 6.54 Å². The number of nitrogens with one attached hydrogen (secondary N) is 1. The predicted molar refractivity (Wildman–Crippen MR) is 91.4 cm³/mol. The predicted octanol–water partition coefficient (Wildman–Crippen LogP) is 1.74. The number of thiophene rings is 1. The van der Waals surface area contributed by atoms with Gasteiger partial charge in [-0.2, -0.15) is 5.10 Å². The molecule has 1 aliphatic heterocycles. The summed E-state index contributed by atoms with van der Waals surface area (Å²) in [6, 6.07) is 4.84. The molecule has 0 saturated carbocycles. The van der Waals surface area contributed by atoms with Gasteiger partial charge in [0.2, 0.25) is 5.91 Å². The molecule has 128 valence electrons. The number of rotatable bonds is 6. The van der Waals surface area contributed by atoms with Crippen LogP contribution in [0.4, 0.5) is 4.79 Å². The van der Waals surface area contributed by atoms with Gasteiger partial charge in [-0.25, -0.2) is 4.79 Å². The zero-order valence-corrected chi connectivity index (χ0v) is 14.1. The van der Waals surface area contributed by atoms with Crippen molar-refractivity contribution in [2.75, 3.05) is 6.54 Å². The molecule has 3 rings (SSSR count). The number of nitrogens with zero attached hydrogens (tertiary/aromatic N) is 3. The van der Waals surface area contributed by atoms with Crippen LogP contribution in [0.3, 0.4) is 0 Å². The maximum atomic E-state index is 12.8. The topological polar surface area (TPSA) is 93.2 Å². The highest BCUT2D eigenvalue weighted by molar-refractivity contribution is 7.10. The van der Waals surface area contributed by atoms with Crippen LogP contribution < -0.4 is 11.1 Å². The third-order valence-electron chi connectivity index (χ3n) is 4.24. The van der Waals surface area contributed by atoms with Crippen LogP contribution in [-0.2, 0) is 11.3 Å². The Morgan fingerprint density at radius 2 is 2.33 bits per heavy atom. The van der Waals surface area contributed by atoms with Crippen molar-refractivity contribution in [1.29, 1.82) is 0 Å². The molecule has 2 atom stereocenters. The number of primary amides is 1. The van der Waals surface area contributed by atoms with Crippen LogP contribution in [0, 0.1) is 0 Å². The summed E-state index contributed by atoms with van der Waals surface area (Å²) in [4.78, 5) is 26.9. The first-order chi connectivity index (χ1) is 11.6. The quantitative estimate of drug-likeness (QED) is 0.833. The summed E-state index contributed by atoms with van der Waals surface area (Å²) in [5.41, 5.74) is 5.26. The molecule has 1 aliphatic rings. The molecule has 0 bridgehead atoms. The Morgan fingerprint density at radius 1 is 1.46 bits per heavy atom. The second kappa shape index (κ2) is 7.48. The van der Waals surface area contributed by atoms with Crippen molar-refractivity contribution in [2.45, 2.75) is 37.9 Å². The lowest BCUT2D eigenvalue weighted by Crippen LogP contribution is -2.41. The van der Waals surface area contributed by atoms with Gasteiger partial charge in [0, 0.05) is 23.8 Å². The Balaban J connectivity index is 1.66. The second-order valence-electron chi connectivity index (χ2n) is 5.89. The van der Waals surface area contributed by atoms with Crippen molar-refractivity contribution in [3.63, 3.8) is 0 Å². The highest BCUT2D eigenvalue weighted by Crippen LogP contribution is 2.26. The SMILES string of the molecule is NC(=O)NC(CC(=O)N1CCCC1Cn1cccn1)c1cccs1. The third kappa shape index (κ3) is 3.94. The maximum absolute atomic E-state index is 12.8. The van der Waals surface area contributed by atoms with Crippen LogP contribution in [0.25, 0.3) is 0 Å². The number of amides is 3. The molecule has 2 unspecified atom stereocenters. The molecule has 7 nitrogen and oxygen atoms in total. The van der Waals surface area contributed by atoms with E-state index in [2.05, 4.69) is 10.4 Å². The van der Waals surface area contributed by atoms with E-state index in [9.17, 15) is 9.59 Å². The summed E-state index contributed by atoms with van der Waals surface area (Å²) in [6.45, 7) is 1.45. The number of carbonyl (C=O) groups is 2. The maximum Gasteiger partial charge on any atom is 0.312 e. The van der Waals surface area contributed by atoms with Gasteiger partial charge in [0.05, 0.1) is 25.0 Å². The molecule has 2 aromatic heterocycles. The zero-order chi connectivity index (χ0) is 16.9. The van der Waals surface area contributed by atoms with Gasteiger partial charge in [0.15, 0.2) is 0 Å². The molecule has 0 aromatic carbocycles. The van der Waals surface area contributed by atoms with Crippen molar-refractivity contribution < 1.29 is 9.59 Å². The molecule has 1 saturated heterocycles. The first kappa shape index (κ1) is 16.5. The first-order valence-corrected chi connectivity index (χ1v) is 8.87. The number of hydrogen-bond donors (Lipinski definition) is 2. The fraction of sp³-hybridized carbons (Fsp3) is 0.438. The zero-order valence-electron chi connectivity index (χ0n) is 13.3. The highest BCUT2D eigenvalue weighted by Gasteiger charge is 2.31. The molecule has 1 fully saturated rings. The number of likely N-dealkylation sites (tertiary alicyclic amines) is 1. The lowest BCUT2D eigenvalue weighted by Gasteiger charge is -2.27. The average molecular weight is 347 g/mol. The fourth-order valence-electron chi connectivity index (χ4n) is 3.15. The normalized spacial score (nSPS) is 18.5. The van der Waals surface area contributed by atoms with Crippen LogP contribution in [0.2, 0.25) is 0 Å². The van der Waals surface area contributed by atoms with E-state index in [1.807, 2.05) is 39.4 Å². The number of nitrogens with two attached hydrogens (primary N) is 1. The van der Waals surface area contributed by atoms with Gasteiger partial charge in [-0.15, -0.1) is 11.3 Å². The largest absolute Gasteiger partial charge is 0.352 e. The van der Waals surface area contributed by atoms with Crippen molar-refractivity contribution in [1.82, 2.24) is 20.0 Å². The Labute approximate surface area is 144 Å². The van der Waals surface area contributed by atoms with Crippen molar-refractivity contribution >= 4 is 23.3 Å². The Kier molecular flexibility index (Phi) is 5.14.